The zero-order valence-electron chi connectivity index (χ0n) is 13.8. The average Bonchev–Trinajstić information content (AvgIpc) is 2.82. The normalized spacial score (nSPS) is 18.9. The number of hydrogen-bond donors (Lipinski definition) is 1. The Labute approximate surface area is 139 Å². The molecule has 21 heavy (non-hydrogen) atoms. The van der Waals surface area contributed by atoms with Crippen LogP contribution in [0.5, 0.6) is 0 Å². The third kappa shape index (κ3) is 5.92. The number of nitrogens with one attached hydrogen (secondary N) is 1. The van der Waals surface area contributed by atoms with Crippen LogP contribution in [-0.2, 0) is 6.42 Å². The monoisotopic (exact) mass is 327 g/mol. The highest BCUT2D eigenvalue weighted by Gasteiger charge is 2.31. The van der Waals surface area contributed by atoms with Gasteiger partial charge in [0, 0.05) is 10.4 Å². The minimum Gasteiger partial charge on any atom is -0.312 e. The maximum absolute atomic E-state index is 6.06. The van der Waals surface area contributed by atoms with Crippen LogP contribution in [0, 0.1) is 5.41 Å². The van der Waals surface area contributed by atoms with Gasteiger partial charge in [0.25, 0.3) is 0 Å². The van der Waals surface area contributed by atoms with Crippen molar-refractivity contribution in [2.24, 2.45) is 5.41 Å². The minimum absolute atomic E-state index is 0.233. The van der Waals surface area contributed by atoms with E-state index in [2.05, 4.69) is 32.2 Å². The van der Waals surface area contributed by atoms with E-state index in [1.54, 1.807) is 11.3 Å². The second-order valence-corrected chi connectivity index (χ2v) is 9.49. The van der Waals surface area contributed by atoms with Crippen LogP contribution in [0.3, 0.4) is 0 Å². The first kappa shape index (κ1) is 17.3. The number of aryl methyl sites for hydroxylation is 1. The number of hydrogen-bond acceptors (Lipinski definition) is 2. The van der Waals surface area contributed by atoms with E-state index in [4.69, 9.17) is 11.6 Å². The second-order valence-electron chi connectivity index (χ2n) is 7.69. The van der Waals surface area contributed by atoms with Gasteiger partial charge in [0.15, 0.2) is 0 Å². The molecule has 0 radical (unpaired) electrons. The topological polar surface area (TPSA) is 12.0 Å². The fourth-order valence-corrected chi connectivity index (χ4v) is 4.59. The molecule has 0 amide bonds. The van der Waals surface area contributed by atoms with Gasteiger partial charge in [0.05, 0.1) is 4.34 Å². The summed E-state index contributed by atoms with van der Waals surface area (Å²) in [5, 5.41) is 3.68. The lowest BCUT2D eigenvalue weighted by Gasteiger charge is -2.38. The molecule has 0 bridgehead atoms. The molecule has 0 spiro atoms. The Kier molecular flexibility index (Phi) is 6.16. The molecule has 3 heteroatoms. The third-order valence-electron chi connectivity index (χ3n) is 4.76. The van der Waals surface area contributed by atoms with Crippen molar-refractivity contribution in [3.8, 4) is 0 Å². The van der Waals surface area contributed by atoms with Gasteiger partial charge in [-0.3, -0.25) is 0 Å². The Morgan fingerprint density at radius 1 is 1.14 bits per heavy atom. The summed E-state index contributed by atoms with van der Waals surface area (Å²) in [5.74, 6) is 0. The molecular weight excluding hydrogens is 298 g/mol. The fourth-order valence-electron chi connectivity index (χ4n) is 3.50. The Morgan fingerprint density at radius 3 is 2.43 bits per heavy atom. The summed E-state index contributed by atoms with van der Waals surface area (Å²) < 4.78 is 0.928. The molecule has 0 atom stereocenters. The van der Waals surface area contributed by atoms with Gasteiger partial charge in [0.2, 0.25) is 0 Å². The van der Waals surface area contributed by atoms with Gasteiger partial charge in [-0.15, -0.1) is 11.3 Å². The van der Waals surface area contributed by atoms with Crippen molar-refractivity contribution >= 4 is 22.9 Å². The lowest BCUT2D eigenvalue weighted by atomic mass is 9.69. The molecule has 1 saturated carbocycles. The summed E-state index contributed by atoms with van der Waals surface area (Å²) in [6.45, 7) is 7.92. The Morgan fingerprint density at radius 2 is 1.86 bits per heavy atom. The largest absolute Gasteiger partial charge is 0.312 e. The first-order valence-electron chi connectivity index (χ1n) is 8.38. The molecule has 1 N–H and O–H groups in total. The fraction of sp³-hybridized carbons (Fsp3) is 0.778. The van der Waals surface area contributed by atoms with E-state index in [0.29, 0.717) is 5.41 Å². The first-order chi connectivity index (χ1) is 9.89. The number of thiophene rings is 1. The molecule has 1 nitrogen and oxygen atoms in total. The second kappa shape index (κ2) is 7.48. The van der Waals surface area contributed by atoms with E-state index in [9.17, 15) is 0 Å². The summed E-state index contributed by atoms with van der Waals surface area (Å²) in [7, 11) is 0. The van der Waals surface area contributed by atoms with Crippen LogP contribution in [0.25, 0.3) is 0 Å². The van der Waals surface area contributed by atoms with Gasteiger partial charge in [0.1, 0.15) is 0 Å². The SMILES string of the molecule is CC(C)(C)NCCC1(CCc2ccc(Cl)s2)CCCCC1. The molecule has 0 saturated heterocycles. The lowest BCUT2D eigenvalue weighted by molar-refractivity contribution is 0.153. The van der Waals surface area contributed by atoms with Gasteiger partial charge in [-0.2, -0.15) is 0 Å². The third-order valence-corrected chi connectivity index (χ3v) is 6.05. The van der Waals surface area contributed by atoms with Crippen LogP contribution in [0.15, 0.2) is 12.1 Å². The Balaban J connectivity index is 1.89. The van der Waals surface area contributed by atoms with Crippen molar-refractivity contribution in [2.45, 2.75) is 77.7 Å². The van der Waals surface area contributed by atoms with Crippen molar-refractivity contribution in [1.29, 1.82) is 0 Å². The summed E-state index contributed by atoms with van der Waals surface area (Å²) in [6.07, 6.45) is 10.9. The molecule has 1 fully saturated rings. The van der Waals surface area contributed by atoms with Crippen LogP contribution in [0.2, 0.25) is 4.34 Å². The molecule has 1 heterocycles. The van der Waals surface area contributed by atoms with Crippen molar-refractivity contribution in [2.75, 3.05) is 6.54 Å². The highest BCUT2D eigenvalue weighted by Crippen LogP contribution is 2.43. The van der Waals surface area contributed by atoms with Crippen LogP contribution >= 0.6 is 22.9 Å². The molecule has 1 aliphatic rings. The van der Waals surface area contributed by atoms with Crippen molar-refractivity contribution in [3.63, 3.8) is 0 Å². The van der Waals surface area contributed by atoms with E-state index < -0.39 is 0 Å². The minimum atomic E-state index is 0.233. The van der Waals surface area contributed by atoms with Gasteiger partial charge in [-0.25, -0.2) is 0 Å². The molecule has 1 aliphatic carbocycles. The quantitative estimate of drug-likeness (QED) is 0.669. The zero-order chi connectivity index (χ0) is 15.3. The van der Waals surface area contributed by atoms with Crippen LogP contribution in [0.1, 0.15) is 70.6 Å². The zero-order valence-corrected chi connectivity index (χ0v) is 15.4. The summed E-state index contributed by atoms with van der Waals surface area (Å²) in [4.78, 5) is 1.45. The van der Waals surface area contributed by atoms with Crippen molar-refractivity contribution in [3.05, 3.63) is 21.3 Å². The standard InChI is InChI=1S/C18H30ClNS/c1-17(2,3)20-14-13-18(10-5-4-6-11-18)12-9-15-7-8-16(19)21-15/h7-8,20H,4-6,9-14H2,1-3H3. The van der Waals surface area contributed by atoms with Crippen LogP contribution in [0.4, 0.5) is 0 Å². The van der Waals surface area contributed by atoms with E-state index in [1.165, 1.54) is 56.2 Å². The van der Waals surface area contributed by atoms with Gasteiger partial charge >= 0.3 is 0 Å². The Bertz CT molecular complexity index is 427. The molecule has 120 valence electrons. The van der Waals surface area contributed by atoms with Crippen molar-refractivity contribution < 1.29 is 0 Å². The van der Waals surface area contributed by atoms with Gasteiger partial charge < -0.3 is 5.32 Å². The lowest BCUT2D eigenvalue weighted by Crippen LogP contribution is -2.39. The number of halogens is 1. The average molecular weight is 328 g/mol. The van der Waals surface area contributed by atoms with Crippen LogP contribution < -0.4 is 5.32 Å². The molecule has 1 aromatic heterocycles. The smallest absolute Gasteiger partial charge is 0.0931 e. The highest BCUT2D eigenvalue weighted by atomic mass is 35.5. The first-order valence-corrected chi connectivity index (χ1v) is 9.57. The molecule has 2 rings (SSSR count). The predicted molar refractivity (Wildman–Crippen MR) is 95.5 cm³/mol. The van der Waals surface area contributed by atoms with E-state index >= 15 is 0 Å². The Hall–Kier alpha value is -0.0500. The molecule has 0 aliphatic heterocycles. The van der Waals surface area contributed by atoms with Gasteiger partial charge in [-0.05, 0) is 77.0 Å². The predicted octanol–water partition coefficient (Wildman–Crippen LogP) is 6.06. The molecule has 0 unspecified atom stereocenters. The van der Waals surface area contributed by atoms with E-state index in [-0.39, 0.29) is 5.54 Å². The molecule has 1 aromatic rings. The van der Waals surface area contributed by atoms with Crippen molar-refractivity contribution in [1.82, 2.24) is 5.32 Å². The maximum Gasteiger partial charge on any atom is 0.0931 e. The maximum atomic E-state index is 6.06. The summed E-state index contributed by atoms with van der Waals surface area (Å²) in [6, 6.07) is 4.24. The number of rotatable bonds is 6. The van der Waals surface area contributed by atoms with Gasteiger partial charge in [-0.1, -0.05) is 30.9 Å². The summed E-state index contributed by atoms with van der Waals surface area (Å²) in [5.41, 5.74) is 0.796. The van der Waals surface area contributed by atoms with Crippen LogP contribution in [-0.4, -0.2) is 12.1 Å². The molecule has 0 aromatic carbocycles. The van der Waals surface area contributed by atoms with E-state index in [1.807, 2.05) is 6.07 Å². The molecular formula is C18H30ClNS. The summed E-state index contributed by atoms with van der Waals surface area (Å²) >= 11 is 7.81. The van der Waals surface area contributed by atoms with E-state index in [0.717, 1.165) is 10.9 Å². The highest BCUT2D eigenvalue weighted by molar-refractivity contribution is 7.16.